The lowest BCUT2D eigenvalue weighted by Crippen LogP contribution is -2.65. The van der Waals surface area contributed by atoms with Crippen molar-refractivity contribution in [1.82, 2.24) is 5.32 Å². The number of hydrogen-bond donors (Lipinski definition) is 1. The second-order valence-corrected chi connectivity index (χ2v) is 8.54. The third kappa shape index (κ3) is 2.82. The van der Waals surface area contributed by atoms with E-state index in [2.05, 4.69) is 50.2 Å². The van der Waals surface area contributed by atoms with Gasteiger partial charge in [-0.2, -0.15) is 0 Å². The van der Waals surface area contributed by atoms with Gasteiger partial charge < -0.3 is 14.8 Å². The van der Waals surface area contributed by atoms with Crippen molar-refractivity contribution in [3.05, 3.63) is 50.9 Å². The molecule has 0 aliphatic carbocycles. The summed E-state index contributed by atoms with van der Waals surface area (Å²) in [6.07, 6.45) is 0.774. The van der Waals surface area contributed by atoms with E-state index in [-0.39, 0.29) is 6.04 Å². The Hall–Kier alpha value is -1.31. The SMILES string of the molecule is COc1cc(Br)cc2c1OC1(C)CC2NC(=S)N1c1ccc(Br)cc1. The Bertz CT molecular complexity index is 859. The monoisotopic (exact) mass is 482 g/mol. The first-order chi connectivity index (χ1) is 11.9. The Balaban J connectivity index is 1.82. The molecule has 2 atom stereocenters. The van der Waals surface area contributed by atoms with Crippen LogP contribution in [0.25, 0.3) is 0 Å². The minimum absolute atomic E-state index is 0.0827. The van der Waals surface area contributed by atoms with Crippen molar-refractivity contribution in [2.45, 2.75) is 25.1 Å². The number of benzene rings is 2. The summed E-state index contributed by atoms with van der Waals surface area (Å²) in [6, 6.07) is 12.1. The topological polar surface area (TPSA) is 33.7 Å². The van der Waals surface area contributed by atoms with Gasteiger partial charge in [0, 0.05) is 26.6 Å². The summed E-state index contributed by atoms with van der Waals surface area (Å²) in [7, 11) is 1.66. The maximum absolute atomic E-state index is 6.48. The summed E-state index contributed by atoms with van der Waals surface area (Å²) in [4.78, 5) is 2.04. The molecule has 0 spiro atoms. The van der Waals surface area contributed by atoms with E-state index in [0.717, 1.165) is 32.4 Å². The zero-order valence-corrected chi connectivity index (χ0v) is 17.7. The van der Waals surface area contributed by atoms with Crippen LogP contribution in [0.15, 0.2) is 45.3 Å². The van der Waals surface area contributed by atoms with Crippen molar-refractivity contribution in [3.63, 3.8) is 0 Å². The minimum Gasteiger partial charge on any atom is -0.493 e. The molecule has 130 valence electrons. The standard InChI is InChI=1S/C18H16Br2N2O2S/c1-18-9-14(13-7-11(20)8-15(23-2)16(13)24-18)21-17(25)22(18)12-5-3-10(19)4-6-12/h3-8,14H,9H2,1-2H3,(H,21,25). The molecule has 2 aromatic rings. The smallest absolute Gasteiger partial charge is 0.188 e. The van der Waals surface area contributed by atoms with Gasteiger partial charge in [0.15, 0.2) is 22.3 Å². The molecule has 0 amide bonds. The molecule has 4 nitrogen and oxygen atoms in total. The van der Waals surface area contributed by atoms with Crippen molar-refractivity contribution in [2.24, 2.45) is 0 Å². The summed E-state index contributed by atoms with van der Waals surface area (Å²) in [5.41, 5.74) is 1.46. The van der Waals surface area contributed by atoms with Gasteiger partial charge in [0.1, 0.15) is 0 Å². The van der Waals surface area contributed by atoms with Crippen LogP contribution in [0.4, 0.5) is 5.69 Å². The first-order valence-electron chi connectivity index (χ1n) is 7.84. The number of nitrogens with zero attached hydrogens (tertiary/aromatic N) is 1. The van der Waals surface area contributed by atoms with Crippen LogP contribution in [0, 0.1) is 0 Å². The predicted molar refractivity (Wildman–Crippen MR) is 109 cm³/mol. The Morgan fingerprint density at radius 3 is 2.64 bits per heavy atom. The van der Waals surface area contributed by atoms with Crippen LogP contribution in [0.1, 0.15) is 24.9 Å². The molecule has 1 saturated heterocycles. The molecular weight excluding hydrogens is 468 g/mol. The van der Waals surface area contributed by atoms with E-state index in [1.807, 2.05) is 35.2 Å². The lowest BCUT2D eigenvalue weighted by Gasteiger charge is -2.52. The zero-order chi connectivity index (χ0) is 17.8. The molecule has 7 heteroatoms. The first kappa shape index (κ1) is 17.1. The van der Waals surface area contributed by atoms with Gasteiger partial charge in [0.25, 0.3) is 0 Å². The number of thiocarbonyl (C=S) groups is 1. The zero-order valence-electron chi connectivity index (χ0n) is 13.7. The van der Waals surface area contributed by atoms with Crippen molar-refractivity contribution < 1.29 is 9.47 Å². The van der Waals surface area contributed by atoms with Gasteiger partial charge in [0.05, 0.1) is 13.2 Å². The first-order valence-corrected chi connectivity index (χ1v) is 9.83. The largest absolute Gasteiger partial charge is 0.493 e. The van der Waals surface area contributed by atoms with Crippen molar-refractivity contribution in [3.8, 4) is 11.5 Å². The quantitative estimate of drug-likeness (QED) is 0.597. The number of ether oxygens (including phenoxy) is 2. The highest BCUT2D eigenvalue weighted by Crippen LogP contribution is 2.50. The second kappa shape index (κ2) is 6.14. The average molecular weight is 484 g/mol. The molecule has 2 unspecified atom stereocenters. The number of nitrogens with one attached hydrogen (secondary N) is 1. The van der Waals surface area contributed by atoms with E-state index < -0.39 is 5.72 Å². The molecule has 0 saturated carbocycles. The van der Waals surface area contributed by atoms with Gasteiger partial charge in [-0.15, -0.1) is 0 Å². The maximum Gasteiger partial charge on any atom is 0.188 e. The molecule has 2 bridgehead atoms. The van der Waals surface area contributed by atoms with E-state index in [9.17, 15) is 0 Å². The van der Waals surface area contributed by atoms with E-state index in [1.54, 1.807) is 7.11 Å². The summed E-state index contributed by atoms with van der Waals surface area (Å²) in [5, 5.41) is 4.12. The number of hydrogen-bond acceptors (Lipinski definition) is 3. The summed E-state index contributed by atoms with van der Waals surface area (Å²) < 4.78 is 14.0. The number of halogens is 2. The molecule has 4 rings (SSSR count). The molecule has 25 heavy (non-hydrogen) atoms. The van der Waals surface area contributed by atoms with Crippen LogP contribution in [0.2, 0.25) is 0 Å². The molecule has 2 aromatic carbocycles. The van der Waals surface area contributed by atoms with Gasteiger partial charge in [-0.05, 0) is 55.5 Å². The lowest BCUT2D eigenvalue weighted by atomic mass is 9.90. The van der Waals surface area contributed by atoms with Crippen LogP contribution >= 0.6 is 44.1 Å². The lowest BCUT2D eigenvalue weighted by molar-refractivity contribution is 0.0464. The third-order valence-corrected chi connectivity index (χ3v) is 5.89. The maximum atomic E-state index is 6.48. The van der Waals surface area contributed by atoms with Crippen LogP contribution in [0.5, 0.6) is 11.5 Å². The summed E-state index contributed by atoms with van der Waals surface area (Å²) >= 11 is 12.7. The minimum atomic E-state index is -0.588. The average Bonchev–Trinajstić information content (AvgIpc) is 2.56. The van der Waals surface area contributed by atoms with Crippen molar-refractivity contribution >= 4 is 54.9 Å². The normalized spacial score (nSPS) is 24.2. The number of methoxy groups -OCH3 is 1. The number of fused-ring (bicyclic) bond motifs is 4. The Labute approximate surface area is 168 Å². The molecule has 2 heterocycles. The molecular formula is C18H16Br2N2O2S. The van der Waals surface area contributed by atoms with E-state index in [4.69, 9.17) is 21.7 Å². The van der Waals surface area contributed by atoms with E-state index >= 15 is 0 Å². The fourth-order valence-electron chi connectivity index (χ4n) is 3.53. The highest BCUT2D eigenvalue weighted by Gasteiger charge is 2.49. The van der Waals surface area contributed by atoms with Crippen molar-refractivity contribution in [1.29, 1.82) is 0 Å². The van der Waals surface area contributed by atoms with Crippen LogP contribution in [-0.2, 0) is 0 Å². The molecule has 2 aliphatic rings. The molecule has 2 aliphatic heterocycles. The van der Waals surface area contributed by atoms with Gasteiger partial charge in [-0.3, -0.25) is 4.90 Å². The highest BCUT2D eigenvalue weighted by molar-refractivity contribution is 9.10. The molecule has 0 radical (unpaired) electrons. The Kier molecular flexibility index (Phi) is 4.21. The van der Waals surface area contributed by atoms with Crippen LogP contribution in [0.3, 0.4) is 0 Å². The summed E-state index contributed by atoms with van der Waals surface area (Å²) in [5.74, 6) is 1.48. The third-order valence-electron chi connectivity index (χ3n) is 4.61. The van der Waals surface area contributed by atoms with E-state index in [1.165, 1.54) is 0 Å². The Morgan fingerprint density at radius 2 is 1.96 bits per heavy atom. The van der Waals surface area contributed by atoms with Crippen LogP contribution in [-0.4, -0.2) is 17.9 Å². The Morgan fingerprint density at radius 1 is 1.24 bits per heavy atom. The van der Waals surface area contributed by atoms with Gasteiger partial charge in [-0.1, -0.05) is 31.9 Å². The fourth-order valence-corrected chi connectivity index (χ4v) is 4.69. The van der Waals surface area contributed by atoms with E-state index in [0.29, 0.717) is 10.9 Å². The van der Waals surface area contributed by atoms with Gasteiger partial charge >= 0.3 is 0 Å². The van der Waals surface area contributed by atoms with Gasteiger partial charge in [-0.25, -0.2) is 0 Å². The predicted octanol–water partition coefficient (Wildman–Crippen LogP) is 5.15. The van der Waals surface area contributed by atoms with Gasteiger partial charge in [0.2, 0.25) is 0 Å². The molecule has 1 fully saturated rings. The number of rotatable bonds is 2. The second-order valence-electron chi connectivity index (χ2n) is 6.32. The fraction of sp³-hybridized carbons (Fsp3) is 0.278. The summed E-state index contributed by atoms with van der Waals surface area (Å²) in [6.45, 7) is 2.07. The van der Waals surface area contributed by atoms with Crippen molar-refractivity contribution in [2.75, 3.05) is 12.0 Å². The number of anilines is 1. The molecule has 0 aromatic heterocycles. The highest BCUT2D eigenvalue weighted by atomic mass is 79.9. The van der Waals surface area contributed by atoms with Crippen LogP contribution < -0.4 is 19.7 Å². The molecule has 1 N–H and O–H groups in total.